The Morgan fingerprint density at radius 1 is 1.25 bits per heavy atom. The van der Waals surface area contributed by atoms with Crippen molar-refractivity contribution < 1.29 is 0 Å². The largest absolute Gasteiger partial charge is 0.311 e. The summed E-state index contributed by atoms with van der Waals surface area (Å²) in [4.78, 5) is 2.99. The van der Waals surface area contributed by atoms with Gasteiger partial charge in [0.05, 0.1) is 0 Å². The molecule has 2 heteroatoms. The van der Waals surface area contributed by atoms with E-state index in [1.54, 1.807) is 0 Å². The Bertz CT molecular complexity index is 323. The second kappa shape index (κ2) is 5.33. The summed E-state index contributed by atoms with van der Waals surface area (Å²) in [6.45, 7) is 6.90. The number of thiophene rings is 1. The second-order valence-electron chi connectivity index (χ2n) is 5.34. The molecule has 0 aliphatic heterocycles. The van der Waals surface area contributed by atoms with E-state index in [1.807, 2.05) is 11.3 Å². The Morgan fingerprint density at radius 3 is 2.56 bits per heavy atom. The highest BCUT2D eigenvalue weighted by Gasteiger charge is 2.27. The van der Waals surface area contributed by atoms with Gasteiger partial charge in [0.15, 0.2) is 0 Å². The maximum atomic E-state index is 3.63. The standard InChI is InChI=1S/C14H23NS/c1-3-12-6-7-13(16-12)10-15-11-14(2)8-4-5-9-14/h6-7,15H,3-5,8-11H2,1-2H3. The molecule has 0 bridgehead atoms. The lowest BCUT2D eigenvalue weighted by Gasteiger charge is -2.23. The van der Waals surface area contributed by atoms with Crippen LogP contribution in [0.2, 0.25) is 0 Å². The molecule has 1 aliphatic rings. The molecule has 0 atom stereocenters. The van der Waals surface area contributed by atoms with Gasteiger partial charge < -0.3 is 5.32 Å². The number of hydrogen-bond acceptors (Lipinski definition) is 2. The zero-order chi connectivity index (χ0) is 11.4. The van der Waals surface area contributed by atoms with Crippen LogP contribution in [0.15, 0.2) is 12.1 Å². The van der Waals surface area contributed by atoms with Crippen LogP contribution < -0.4 is 5.32 Å². The first-order valence-electron chi connectivity index (χ1n) is 6.50. The van der Waals surface area contributed by atoms with E-state index in [2.05, 4.69) is 31.3 Å². The van der Waals surface area contributed by atoms with Crippen LogP contribution in [0.25, 0.3) is 0 Å². The lowest BCUT2D eigenvalue weighted by atomic mass is 9.89. The van der Waals surface area contributed by atoms with Gasteiger partial charge in [-0.15, -0.1) is 11.3 Å². The SMILES string of the molecule is CCc1ccc(CNCC2(C)CCCC2)s1. The summed E-state index contributed by atoms with van der Waals surface area (Å²) < 4.78 is 0. The highest BCUT2D eigenvalue weighted by Crippen LogP contribution is 2.36. The molecule has 0 aromatic carbocycles. The molecule has 1 aliphatic carbocycles. The van der Waals surface area contributed by atoms with Gasteiger partial charge in [-0.3, -0.25) is 0 Å². The van der Waals surface area contributed by atoms with Gasteiger partial charge in [-0.25, -0.2) is 0 Å². The van der Waals surface area contributed by atoms with Crippen LogP contribution in [0.1, 0.15) is 49.3 Å². The zero-order valence-electron chi connectivity index (χ0n) is 10.5. The summed E-state index contributed by atoms with van der Waals surface area (Å²) in [6.07, 6.45) is 6.84. The van der Waals surface area contributed by atoms with Gasteiger partial charge in [0.2, 0.25) is 0 Å². The van der Waals surface area contributed by atoms with Crippen molar-refractivity contribution in [2.45, 2.75) is 52.5 Å². The van der Waals surface area contributed by atoms with Gasteiger partial charge in [-0.2, -0.15) is 0 Å². The van der Waals surface area contributed by atoms with E-state index in [0.717, 1.165) is 6.54 Å². The predicted molar refractivity (Wildman–Crippen MR) is 72.0 cm³/mol. The minimum Gasteiger partial charge on any atom is -0.311 e. The number of hydrogen-bond donors (Lipinski definition) is 1. The van der Waals surface area contributed by atoms with Crippen LogP contribution in [0, 0.1) is 5.41 Å². The van der Waals surface area contributed by atoms with Crippen LogP contribution in [-0.2, 0) is 13.0 Å². The highest BCUT2D eigenvalue weighted by atomic mass is 32.1. The normalized spacial score (nSPS) is 19.1. The fourth-order valence-electron chi connectivity index (χ4n) is 2.60. The van der Waals surface area contributed by atoms with Crippen LogP contribution in [-0.4, -0.2) is 6.54 Å². The van der Waals surface area contributed by atoms with E-state index < -0.39 is 0 Å². The molecule has 16 heavy (non-hydrogen) atoms. The molecular formula is C14H23NS. The second-order valence-corrected chi connectivity index (χ2v) is 6.60. The maximum Gasteiger partial charge on any atom is 0.0300 e. The van der Waals surface area contributed by atoms with E-state index in [1.165, 1.54) is 48.4 Å². The molecule has 1 saturated carbocycles. The molecule has 0 unspecified atom stereocenters. The van der Waals surface area contributed by atoms with Crippen molar-refractivity contribution >= 4 is 11.3 Å². The highest BCUT2D eigenvalue weighted by molar-refractivity contribution is 7.11. The van der Waals surface area contributed by atoms with E-state index in [9.17, 15) is 0 Å². The van der Waals surface area contributed by atoms with Crippen LogP contribution >= 0.6 is 11.3 Å². The number of nitrogens with one attached hydrogen (secondary N) is 1. The van der Waals surface area contributed by atoms with Crippen molar-refractivity contribution in [3.05, 3.63) is 21.9 Å². The molecule has 1 fully saturated rings. The van der Waals surface area contributed by atoms with Gasteiger partial charge >= 0.3 is 0 Å². The molecule has 90 valence electrons. The quantitative estimate of drug-likeness (QED) is 0.817. The first kappa shape index (κ1) is 12.1. The Kier molecular flexibility index (Phi) is 4.04. The number of aryl methyl sites for hydroxylation is 1. The summed E-state index contributed by atoms with van der Waals surface area (Å²) in [5, 5.41) is 3.63. The summed E-state index contributed by atoms with van der Waals surface area (Å²) >= 11 is 1.95. The average Bonchev–Trinajstić information content (AvgIpc) is 2.88. The molecule has 1 nitrogen and oxygen atoms in total. The van der Waals surface area contributed by atoms with Crippen molar-refractivity contribution in [3.63, 3.8) is 0 Å². The van der Waals surface area contributed by atoms with Gasteiger partial charge in [0, 0.05) is 22.8 Å². The minimum absolute atomic E-state index is 0.574. The molecule has 1 aromatic heterocycles. The molecule has 0 spiro atoms. The molecule has 0 saturated heterocycles. The molecule has 0 radical (unpaired) electrons. The smallest absolute Gasteiger partial charge is 0.0300 e. The van der Waals surface area contributed by atoms with E-state index >= 15 is 0 Å². The molecule has 2 rings (SSSR count). The number of rotatable bonds is 5. The van der Waals surface area contributed by atoms with Crippen molar-refractivity contribution in [1.29, 1.82) is 0 Å². The Labute approximate surface area is 103 Å². The topological polar surface area (TPSA) is 12.0 Å². The van der Waals surface area contributed by atoms with Gasteiger partial charge in [0.1, 0.15) is 0 Å². The van der Waals surface area contributed by atoms with Crippen LogP contribution in [0.4, 0.5) is 0 Å². The van der Waals surface area contributed by atoms with Crippen molar-refractivity contribution in [1.82, 2.24) is 5.32 Å². The first-order valence-corrected chi connectivity index (χ1v) is 7.32. The van der Waals surface area contributed by atoms with Crippen molar-refractivity contribution in [2.24, 2.45) is 5.41 Å². The summed E-state index contributed by atoms with van der Waals surface area (Å²) in [5.41, 5.74) is 0.574. The molecule has 1 heterocycles. The lowest BCUT2D eigenvalue weighted by Crippen LogP contribution is -2.28. The monoisotopic (exact) mass is 237 g/mol. The zero-order valence-corrected chi connectivity index (χ0v) is 11.3. The minimum atomic E-state index is 0.574. The summed E-state index contributed by atoms with van der Waals surface area (Å²) in [7, 11) is 0. The molecule has 1 N–H and O–H groups in total. The summed E-state index contributed by atoms with van der Waals surface area (Å²) in [6, 6.07) is 4.53. The maximum absolute atomic E-state index is 3.63. The first-order chi connectivity index (χ1) is 7.72. The molecule has 1 aromatic rings. The average molecular weight is 237 g/mol. The van der Waals surface area contributed by atoms with Crippen LogP contribution in [0.3, 0.4) is 0 Å². The third-order valence-electron chi connectivity index (χ3n) is 3.73. The fourth-order valence-corrected chi connectivity index (χ4v) is 3.53. The van der Waals surface area contributed by atoms with E-state index in [-0.39, 0.29) is 0 Å². The Morgan fingerprint density at radius 2 is 1.94 bits per heavy atom. The Balaban J connectivity index is 1.75. The Hall–Kier alpha value is -0.340. The van der Waals surface area contributed by atoms with Crippen molar-refractivity contribution in [2.75, 3.05) is 6.54 Å². The third kappa shape index (κ3) is 3.08. The van der Waals surface area contributed by atoms with Crippen LogP contribution in [0.5, 0.6) is 0 Å². The van der Waals surface area contributed by atoms with Gasteiger partial charge in [-0.1, -0.05) is 26.7 Å². The fraction of sp³-hybridized carbons (Fsp3) is 0.714. The van der Waals surface area contributed by atoms with E-state index in [0.29, 0.717) is 5.41 Å². The molecule has 0 amide bonds. The van der Waals surface area contributed by atoms with Gasteiger partial charge in [0.25, 0.3) is 0 Å². The molecular weight excluding hydrogens is 214 g/mol. The van der Waals surface area contributed by atoms with E-state index in [4.69, 9.17) is 0 Å². The third-order valence-corrected chi connectivity index (χ3v) is 4.96. The summed E-state index contributed by atoms with van der Waals surface area (Å²) in [5.74, 6) is 0. The lowest BCUT2D eigenvalue weighted by molar-refractivity contribution is 0.315. The van der Waals surface area contributed by atoms with Gasteiger partial charge in [-0.05, 0) is 36.8 Å². The van der Waals surface area contributed by atoms with Crippen molar-refractivity contribution in [3.8, 4) is 0 Å². The predicted octanol–water partition coefficient (Wildman–Crippen LogP) is 3.98.